The number of sulfonamides is 1. The lowest BCUT2D eigenvalue weighted by atomic mass is 9.82. The molecular formula is C26H34N4O5S. The van der Waals surface area contributed by atoms with Crippen molar-refractivity contribution in [2.45, 2.75) is 64.3 Å². The Hall–Kier alpha value is -2.56. The van der Waals surface area contributed by atoms with Gasteiger partial charge in [0, 0.05) is 24.4 Å². The molecule has 0 aromatic heterocycles. The second-order valence-corrected chi connectivity index (χ2v) is 12.3. The topological polar surface area (TPSA) is 108 Å². The van der Waals surface area contributed by atoms with Gasteiger partial charge in [-0.2, -0.15) is 9.37 Å². The molecule has 4 aliphatic rings. The van der Waals surface area contributed by atoms with Crippen LogP contribution in [0.2, 0.25) is 0 Å². The molecule has 0 atom stereocenters. The lowest BCUT2D eigenvalue weighted by Crippen LogP contribution is -2.50. The molecule has 0 unspecified atom stereocenters. The van der Waals surface area contributed by atoms with E-state index in [4.69, 9.17) is 9.83 Å². The molecule has 36 heavy (non-hydrogen) atoms. The number of amides is 2. The van der Waals surface area contributed by atoms with Crippen molar-refractivity contribution in [2.75, 3.05) is 24.8 Å². The number of amidine groups is 1. The third-order valence-corrected chi connectivity index (χ3v) is 9.55. The van der Waals surface area contributed by atoms with Gasteiger partial charge in [-0.05, 0) is 67.9 Å². The Morgan fingerprint density at radius 1 is 1.14 bits per heavy atom. The van der Waals surface area contributed by atoms with Crippen molar-refractivity contribution in [3.8, 4) is 0 Å². The van der Waals surface area contributed by atoms with Crippen LogP contribution in [0.15, 0.2) is 28.6 Å². The molecule has 1 saturated carbocycles. The summed E-state index contributed by atoms with van der Waals surface area (Å²) in [5.41, 5.74) is 1.37. The maximum Gasteiger partial charge on any atom is 0.253 e. The highest BCUT2D eigenvalue weighted by molar-refractivity contribution is 7.92. The van der Waals surface area contributed by atoms with Crippen molar-refractivity contribution in [3.63, 3.8) is 0 Å². The van der Waals surface area contributed by atoms with Gasteiger partial charge in [0.1, 0.15) is 11.4 Å². The molecule has 1 aliphatic carbocycles. The van der Waals surface area contributed by atoms with Crippen LogP contribution in [-0.4, -0.2) is 55.6 Å². The Kier molecular flexibility index (Phi) is 6.78. The number of nitrogens with one attached hydrogen (secondary N) is 1. The number of nitrogens with zero attached hydrogens (tertiary/aromatic N) is 3. The number of rotatable bonds is 5. The van der Waals surface area contributed by atoms with Crippen LogP contribution in [0.1, 0.15) is 63.0 Å². The molecule has 9 nitrogen and oxygen atoms in total. The quantitative estimate of drug-likeness (QED) is 0.649. The second kappa shape index (κ2) is 9.72. The fourth-order valence-electron chi connectivity index (χ4n) is 5.55. The van der Waals surface area contributed by atoms with E-state index in [1.165, 1.54) is 14.8 Å². The molecule has 1 aromatic rings. The normalized spacial score (nSPS) is 27.2. The van der Waals surface area contributed by atoms with Gasteiger partial charge in [0.2, 0.25) is 10.0 Å². The smallest absolute Gasteiger partial charge is 0.253 e. The Bertz CT molecular complexity index is 1210. The molecule has 2 saturated heterocycles. The Labute approximate surface area is 212 Å². The minimum Gasteiger partial charge on any atom is -0.312 e. The van der Waals surface area contributed by atoms with Crippen LogP contribution < -0.4 is 10.4 Å². The van der Waals surface area contributed by atoms with Crippen LogP contribution >= 0.6 is 0 Å². The molecule has 194 valence electrons. The highest BCUT2D eigenvalue weighted by atomic mass is 32.2. The molecule has 2 amide bonds. The van der Waals surface area contributed by atoms with Gasteiger partial charge in [0.25, 0.3) is 11.8 Å². The predicted molar refractivity (Wildman–Crippen MR) is 137 cm³/mol. The number of hydroxylamine groups is 1. The number of piperidine rings is 1. The number of benzene rings is 1. The summed E-state index contributed by atoms with van der Waals surface area (Å²) in [6.07, 6.45) is 7.09. The Balaban J connectivity index is 1.23. The third kappa shape index (κ3) is 4.86. The average molecular weight is 515 g/mol. The summed E-state index contributed by atoms with van der Waals surface area (Å²) in [4.78, 5) is 35.0. The van der Waals surface area contributed by atoms with Crippen LogP contribution in [0.25, 0.3) is 6.08 Å². The van der Waals surface area contributed by atoms with E-state index in [9.17, 15) is 18.0 Å². The summed E-state index contributed by atoms with van der Waals surface area (Å²) in [7, 11) is -3.65. The summed E-state index contributed by atoms with van der Waals surface area (Å²) >= 11 is 0. The van der Waals surface area contributed by atoms with Gasteiger partial charge in [-0.1, -0.05) is 25.8 Å². The Morgan fingerprint density at radius 2 is 1.86 bits per heavy atom. The fourth-order valence-corrected chi connectivity index (χ4v) is 6.74. The van der Waals surface area contributed by atoms with E-state index < -0.39 is 15.6 Å². The van der Waals surface area contributed by atoms with Gasteiger partial charge < -0.3 is 5.32 Å². The van der Waals surface area contributed by atoms with Gasteiger partial charge in [0.15, 0.2) is 0 Å². The van der Waals surface area contributed by atoms with Crippen molar-refractivity contribution in [2.24, 2.45) is 16.8 Å². The molecule has 3 heterocycles. The van der Waals surface area contributed by atoms with Crippen LogP contribution in [-0.2, 0) is 24.4 Å². The van der Waals surface area contributed by atoms with E-state index in [1.807, 2.05) is 6.92 Å². The van der Waals surface area contributed by atoms with Gasteiger partial charge in [-0.3, -0.25) is 19.4 Å². The average Bonchev–Trinajstić information content (AvgIpc) is 3.42. The number of anilines is 1. The molecule has 3 aliphatic heterocycles. The predicted octanol–water partition coefficient (Wildman–Crippen LogP) is 3.15. The Morgan fingerprint density at radius 3 is 2.50 bits per heavy atom. The van der Waals surface area contributed by atoms with Crippen LogP contribution in [0.4, 0.5) is 5.69 Å². The fraction of sp³-hybridized carbons (Fsp3) is 0.577. The molecule has 0 radical (unpaired) electrons. The molecule has 1 spiro atoms. The SMILES string of the molecule is Cc1cc(N2OCCC2=O)ccc1/C=C/S(=O)(=O)N1CCC2(CC1)N=C(C1CCC(C)CC1)NC2=O. The third-order valence-electron chi connectivity index (χ3n) is 7.98. The van der Waals surface area contributed by atoms with E-state index in [0.29, 0.717) is 37.5 Å². The lowest BCUT2D eigenvalue weighted by Gasteiger charge is -2.34. The highest BCUT2D eigenvalue weighted by Gasteiger charge is 2.48. The number of carbonyl (C=O) groups is 2. The zero-order valence-electron chi connectivity index (χ0n) is 20.9. The molecule has 1 aromatic carbocycles. The summed E-state index contributed by atoms with van der Waals surface area (Å²) < 4.78 is 27.5. The zero-order chi connectivity index (χ0) is 25.5. The summed E-state index contributed by atoms with van der Waals surface area (Å²) in [5, 5.41) is 5.53. The molecule has 1 N–H and O–H groups in total. The van der Waals surface area contributed by atoms with Gasteiger partial charge in [-0.25, -0.2) is 8.42 Å². The van der Waals surface area contributed by atoms with E-state index in [-0.39, 0.29) is 24.9 Å². The first-order valence-corrected chi connectivity index (χ1v) is 14.3. The molecule has 10 heteroatoms. The van der Waals surface area contributed by atoms with Crippen molar-refractivity contribution >= 4 is 39.4 Å². The van der Waals surface area contributed by atoms with Crippen molar-refractivity contribution in [3.05, 3.63) is 34.7 Å². The maximum atomic E-state index is 13.0. The van der Waals surface area contributed by atoms with Crippen molar-refractivity contribution in [1.29, 1.82) is 0 Å². The number of aliphatic imine (C=N–C) groups is 1. The van der Waals surface area contributed by atoms with E-state index in [0.717, 1.165) is 48.6 Å². The number of hydrogen-bond acceptors (Lipinski definition) is 6. The molecule has 0 bridgehead atoms. The number of hydrogen-bond donors (Lipinski definition) is 1. The van der Waals surface area contributed by atoms with Gasteiger partial charge in [0.05, 0.1) is 18.7 Å². The van der Waals surface area contributed by atoms with E-state index >= 15 is 0 Å². The largest absolute Gasteiger partial charge is 0.312 e. The van der Waals surface area contributed by atoms with Crippen LogP contribution in [0, 0.1) is 18.8 Å². The van der Waals surface area contributed by atoms with E-state index in [2.05, 4.69) is 12.2 Å². The first kappa shape index (κ1) is 25.1. The molecule has 3 fully saturated rings. The van der Waals surface area contributed by atoms with Crippen LogP contribution in [0.3, 0.4) is 0 Å². The highest BCUT2D eigenvalue weighted by Crippen LogP contribution is 2.36. The van der Waals surface area contributed by atoms with E-state index in [1.54, 1.807) is 24.3 Å². The summed E-state index contributed by atoms with van der Waals surface area (Å²) in [6.45, 7) is 5.00. The first-order valence-electron chi connectivity index (χ1n) is 12.8. The number of aryl methyl sites for hydroxylation is 1. The summed E-state index contributed by atoms with van der Waals surface area (Å²) in [5.74, 6) is 1.66. The van der Waals surface area contributed by atoms with Crippen molar-refractivity contribution in [1.82, 2.24) is 9.62 Å². The molecule has 5 rings (SSSR count). The van der Waals surface area contributed by atoms with Crippen LogP contribution in [0.5, 0.6) is 0 Å². The number of carbonyl (C=O) groups excluding carboxylic acids is 2. The monoisotopic (exact) mass is 514 g/mol. The maximum absolute atomic E-state index is 13.0. The minimum absolute atomic E-state index is 0.0834. The standard InChI is InChI=1S/C26H34N4O5S/c1-18-3-5-21(6-4-18)24-27-25(32)26(28-24)11-13-29(14-12-26)36(33,34)16-10-20-7-8-22(17-19(20)2)30-23(31)9-15-35-30/h7-8,10,16-18,21H,3-6,9,11-15H2,1-2H3,(H,27,28,32)/b16-10+. The first-order chi connectivity index (χ1) is 17.2. The summed E-state index contributed by atoms with van der Waals surface area (Å²) in [6, 6.07) is 5.33. The van der Waals surface area contributed by atoms with Gasteiger partial charge >= 0.3 is 0 Å². The molecular weight excluding hydrogens is 480 g/mol. The minimum atomic E-state index is -3.65. The van der Waals surface area contributed by atoms with Crippen molar-refractivity contribution < 1.29 is 22.8 Å². The second-order valence-electron chi connectivity index (χ2n) is 10.5. The zero-order valence-corrected chi connectivity index (χ0v) is 21.7. The van der Waals surface area contributed by atoms with Gasteiger partial charge in [-0.15, -0.1) is 0 Å². The lowest BCUT2D eigenvalue weighted by molar-refractivity contribution is -0.125.